The molecule has 1 saturated heterocycles. The average Bonchev–Trinajstić information content (AvgIpc) is 2.17. The van der Waals surface area contributed by atoms with Crippen molar-refractivity contribution in [3.05, 3.63) is 0 Å². The SMILES string of the molecule is COC[C@@H]1CCCOSO1. The van der Waals surface area contributed by atoms with Crippen molar-refractivity contribution in [3.63, 3.8) is 0 Å². The molecule has 0 aromatic carbocycles. The summed E-state index contributed by atoms with van der Waals surface area (Å²) in [4.78, 5) is 0. The van der Waals surface area contributed by atoms with Crippen molar-refractivity contribution >= 4 is 12.3 Å². The Morgan fingerprint density at radius 1 is 1.70 bits per heavy atom. The van der Waals surface area contributed by atoms with Gasteiger partial charge in [-0.15, -0.1) is 0 Å². The van der Waals surface area contributed by atoms with Gasteiger partial charge in [0.25, 0.3) is 0 Å². The summed E-state index contributed by atoms with van der Waals surface area (Å²) in [6, 6.07) is 0. The van der Waals surface area contributed by atoms with E-state index < -0.39 is 0 Å². The Balaban J connectivity index is 2.15. The van der Waals surface area contributed by atoms with Gasteiger partial charge in [-0.1, -0.05) is 0 Å². The second-order valence-corrected chi connectivity index (χ2v) is 2.77. The van der Waals surface area contributed by atoms with Gasteiger partial charge in [0.15, 0.2) is 12.3 Å². The Hall–Kier alpha value is 0.230. The first kappa shape index (κ1) is 8.33. The van der Waals surface area contributed by atoms with Crippen LogP contribution in [0, 0.1) is 0 Å². The van der Waals surface area contributed by atoms with Crippen molar-refractivity contribution in [1.29, 1.82) is 0 Å². The minimum atomic E-state index is 0.206. The monoisotopic (exact) mass is 164 g/mol. The van der Waals surface area contributed by atoms with Crippen LogP contribution >= 0.6 is 12.3 Å². The van der Waals surface area contributed by atoms with E-state index in [2.05, 4.69) is 0 Å². The Bertz CT molecular complexity index is 81.1. The van der Waals surface area contributed by atoms with Gasteiger partial charge >= 0.3 is 0 Å². The molecule has 0 aliphatic carbocycles. The third-order valence-electron chi connectivity index (χ3n) is 1.33. The van der Waals surface area contributed by atoms with E-state index in [1.807, 2.05) is 0 Å². The zero-order valence-corrected chi connectivity index (χ0v) is 6.86. The minimum Gasteiger partial charge on any atom is -0.382 e. The second kappa shape index (κ2) is 4.96. The maximum absolute atomic E-state index is 5.21. The van der Waals surface area contributed by atoms with E-state index in [1.165, 1.54) is 0 Å². The summed E-state index contributed by atoms with van der Waals surface area (Å²) in [7, 11) is 1.68. The molecular weight excluding hydrogens is 152 g/mol. The lowest BCUT2D eigenvalue weighted by Gasteiger charge is -2.09. The molecule has 0 aromatic heterocycles. The molecule has 0 aromatic rings. The summed E-state index contributed by atoms with van der Waals surface area (Å²) in [5.74, 6) is 0. The fraction of sp³-hybridized carbons (Fsp3) is 1.00. The van der Waals surface area contributed by atoms with Crippen molar-refractivity contribution < 1.29 is 13.1 Å². The summed E-state index contributed by atoms with van der Waals surface area (Å²) in [6.07, 6.45) is 2.29. The molecule has 3 nitrogen and oxygen atoms in total. The van der Waals surface area contributed by atoms with Crippen molar-refractivity contribution in [2.24, 2.45) is 0 Å². The number of hydrogen-bond donors (Lipinski definition) is 0. The van der Waals surface area contributed by atoms with Crippen LogP contribution in [0.5, 0.6) is 0 Å². The molecule has 0 saturated carbocycles. The van der Waals surface area contributed by atoms with Gasteiger partial charge in [-0.25, -0.2) is 0 Å². The molecule has 0 amide bonds. The first-order chi connectivity index (χ1) is 4.93. The molecule has 1 aliphatic rings. The molecule has 0 N–H and O–H groups in total. The van der Waals surface area contributed by atoms with Crippen molar-refractivity contribution in [2.75, 3.05) is 20.3 Å². The lowest BCUT2D eigenvalue weighted by Crippen LogP contribution is -2.14. The zero-order valence-electron chi connectivity index (χ0n) is 6.04. The van der Waals surface area contributed by atoms with Crippen molar-refractivity contribution in [1.82, 2.24) is 0 Å². The van der Waals surface area contributed by atoms with Gasteiger partial charge in [0.2, 0.25) is 0 Å². The lowest BCUT2D eigenvalue weighted by molar-refractivity contribution is 0.0903. The predicted molar refractivity (Wildman–Crippen MR) is 39.5 cm³/mol. The van der Waals surface area contributed by atoms with Crippen LogP contribution in [0.1, 0.15) is 12.8 Å². The van der Waals surface area contributed by atoms with Crippen LogP contribution in [0.15, 0.2) is 0 Å². The predicted octanol–water partition coefficient (Wildman–Crippen LogP) is 1.39. The maximum Gasteiger partial charge on any atom is 0.158 e. The second-order valence-electron chi connectivity index (χ2n) is 2.21. The Kier molecular flexibility index (Phi) is 4.13. The molecule has 10 heavy (non-hydrogen) atoms. The van der Waals surface area contributed by atoms with Gasteiger partial charge in [0.1, 0.15) is 0 Å². The molecular formula is C6H12O3S. The molecule has 1 aliphatic heterocycles. The van der Waals surface area contributed by atoms with Gasteiger partial charge in [0.05, 0.1) is 19.3 Å². The molecule has 4 heteroatoms. The minimum absolute atomic E-state index is 0.206. The van der Waals surface area contributed by atoms with E-state index in [9.17, 15) is 0 Å². The first-order valence-electron chi connectivity index (χ1n) is 3.37. The molecule has 0 bridgehead atoms. The van der Waals surface area contributed by atoms with E-state index in [0.717, 1.165) is 31.8 Å². The van der Waals surface area contributed by atoms with Gasteiger partial charge in [-0.3, -0.25) is 8.37 Å². The van der Waals surface area contributed by atoms with Crippen LogP contribution in [0.4, 0.5) is 0 Å². The fourth-order valence-corrected chi connectivity index (χ4v) is 1.34. The third kappa shape index (κ3) is 2.88. The Morgan fingerprint density at radius 2 is 2.60 bits per heavy atom. The molecule has 60 valence electrons. The van der Waals surface area contributed by atoms with Crippen LogP contribution in [0.2, 0.25) is 0 Å². The summed E-state index contributed by atoms with van der Waals surface area (Å²) in [5, 5.41) is 0. The van der Waals surface area contributed by atoms with Gasteiger partial charge in [0, 0.05) is 7.11 Å². The Morgan fingerprint density at radius 3 is 3.40 bits per heavy atom. The molecule has 1 heterocycles. The number of rotatable bonds is 2. The van der Waals surface area contributed by atoms with Crippen LogP contribution in [0.25, 0.3) is 0 Å². The van der Waals surface area contributed by atoms with E-state index in [-0.39, 0.29) is 6.10 Å². The molecule has 1 rings (SSSR count). The fourth-order valence-electron chi connectivity index (χ4n) is 0.832. The van der Waals surface area contributed by atoms with Crippen molar-refractivity contribution in [3.8, 4) is 0 Å². The Labute approximate surface area is 65.4 Å². The van der Waals surface area contributed by atoms with Crippen LogP contribution in [-0.2, 0) is 13.1 Å². The lowest BCUT2D eigenvalue weighted by atomic mass is 10.2. The number of methoxy groups -OCH3 is 1. The van der Waals surface area contributed by atoms with Gasteiger partial charge in [-0.2, -0.15) is 0 Å². The largest absolute Gasteiger partial charge is 0.382 e. The number of ether oxygens (including phenoxy) is 1. The van der Waals surface area contributed by atoms with E-state index in [0.29, 0.717) is 6.61 Å². The third-order valence-corrected chi connectivity index (χ3v) is 1.94. The highest BCUT2D eigenvalue weighted by atomic mass is 32.2. The topological polar surface area (TPSA) is 27.7 Å². The smallest absolute Gasteiger partial charge is 0.158 e. The average molecular weight is 164 g/mol. The summed E-state index contributed by atoms with van der Waals surface area (Å²) >= 11 is 1.08. The van der Waals surface area contributed by atoms with Crippen LogP contribution in [-0.4, -0.2) is 26.4 Å². The molecule has 1 atom stereocenters. The molecule has 1 fully saturated rings. The maximum atomic E-state index is 5.21. The first-order valence-corrected chi connectivity index (χ1v) is 4.04. The zero-order chi connectivity index (χ0) is 7.23. The van der Waals surface area contributed by atoms with Gasteiger partial charge < -0.3 is 4.74 Å². The molecule has 0 radical (unpaired) electrons. The summed E-state index contributed by atoms with van der Waals surface area (Å²) in [6.45, 7) is 1.45. The highest BCUT2D eigenvalue weighted by molar-refractivity contribution is 7.89. The van der Waals surface area contributed by atoms with Gasteiger partial charge in [-0.05, 0) is 12.8 Å². The van der Waals surface area contributed by atoms with E-state index in [4.69, 9.17) is 13.1 Å². The quantitative estimate of drug-likeness (QED) is 0.576. The molecule has 0 spiro atoms. The normalized spacial score (nSPS) is 27.9. The van der Waals surface area contributed by atoms with Crippen LogP contribution in [0.3, 0.4) is 0 Å². The number of hydrogen-bond acceptors (Lipinski definition) is 4. The summed E-state index contributed by atoms with van der Waals surface area (Å²) in [5.41, 5.74) is 0. The molecule has 0 unspecified atom stereocenters. The van der Waals surface area contributed by atoms with E-state index in [1.54, 1.807) is 7.11 Å². The highest BCUT2D eigenvalue weighted by Gasteiger charge is 2.12. The standard InChI is InChI=1S/C6H12O3S/c1-7-5-6-3-2-4-8-10-9-6/h6H,2-5H2,1H3/t6-/m0/s1. The van der Waals surface area contributed by atoms with Crippen molar-refractivity contribution in [2.45, 2.75) is 18.9 Å². The van der Waals surface area contributed by atoms with Crippen LogP contribution < -0.4 is 0 Å². The van der Waals surface area contributed by atoms with E-state index >= 15 is 0 Å². The summed E-state index contributed by atoms with van der Waals surface area (Å²) < 4.78 is 15.2. The highest BCUT2D eigenvalue weighted by Crippen LogP contribution is 2.18.